The molecule has 0 amide bonds. The molecular weight excluding hydrogens is 450 g/mol. The molecule has 3 rings (SSSR count). The maximum Gasteiger partial charge on any atom is 0.342 e. The summed E-state index contributed by atoms with van der Waals surface area (Å²) >= 11 is 3.53. The highest BCUT2D eigenvalue weighted by atomic mass is 32.1. The number of fused-ring (bicyclic) bond motifs is 1. The number of thiol groups is 1. The van der Waals surface area contributed by atoms with Gasteiger partial charge in [-0.3, -0.25) is 0 Å². The van der Waals surface area contributed by atoms with Crippen molar-refractivity contribution < 1.29 is 14.3 Å². The first-order chi connectivity index (χ1) is 16.4. The van der Waals surface area contributed by atoms with Crippen molar-refractivity contribution in [3.8, 4) is 5.75 Å². The molecule has 3 aromatic rings. The number of esters is 1. The fourth-order valence-corrected chi connectivity index (χ4v) is 2.61. The second-order valence-corrected chi connectivity index (χ2v) is 6.50. The number of hydrogen-bond acceptors (Lipinski definition) is 6. The maximum atomic E-state index is 12.4. The normalized spacial score (nSPS) is 9.12. The Balaban J connectivity index is 0.00000121. The van der Waals surface area contributed by atoms with Gasteiger partial charge in [-0.05, 0) is 58.0 Å². The number of nitrogens with one attached hydrogen (secondary N) is 2. The highest BCUT2D eigenvalue weighted by Crippen LogP contribution is 2.32. The molecular formula is C25H37N5O3S. The van der Waals surface area contributed by atoms with E-state index in [1.807, 2.05) is 63.5 Å². The molecule has 186 valence electrons. The monoisotopic (exact) mass is 487 g/mol. The zero-order chi connectivity index (χ0) is 25.9. The predicted molar refractivity (Wildman–Crippen MR) is 146 cm³/mol. The number of nitrogens with two attached hydrogens (primary N) is 2. The second-order valence-electron chi connectivity index (χ2n) is 6.50. The summed E-state index contributed by atoms with van der Waals surface area (Å²) in [5.74, 6) is 0.238. The van der Waals surface area contributed by atoms with E-state index in [1.165, 1.54) is 0 Å². The van der Waals surface area contributed by atoms with Gasteiger partial charge in [0.1, 0.15) is 23.7 Å². The van der Waals surface area contributed by atoms with Crippen LogP contribution < -0.4 is 21.5 Å². The number of ether oxygens (including phenoxy) is 2. The molecule has 6 N–H and O–H groups in total. The van der Waals surface area contributed by atoms with Crippen LogP contribution in [0.25, 0.3) is 10.9 Å². The van der Waals surface area contributed by atoms with Gasteiger partial charge in [-0.2, -0.15) is 17.6 Å². The average Bonchev–Trinajstić information content (AvgIpc) is 3.17. The third-order valence-electron chi connectivity index (χ3n) is 3.72. The smallest absolute Gasteiger partial charge is 0.342 e. The van der Waals surface area contributed by atoms with Crippen molar-refractivity contribution in [2.75, 3.05) is 27.0 Å². The van der Waals surface area contributed by atoms with Gasteiger partial charge in [0, 0.05) is 10.9 Å². The van der Waals surface area contributed by atoms with E-state index in [4.69, 9.17) is 20.9 Å². The summed E-state index contributed by atoms with van der Waals surface area (Å²) in [4.78, 5) is 19.4. The van der Waals surface area contributed by atoms with Crippen LogP contribution in [0.2, 0.25) is 0 Å². The molecule has 0 bridgehead atoms. The largest absolute Gasteiger partial charge is 0.489 e. The predicted octanol–water partition coefficient (Wildman–Crippen LogP) is 4.40. The Morgan fingerprint density at radius 2 is 1.76 bits per heavy atom. The molecule has 0 saturated carbocycles. The number of aliphatic imine (C=N–C) groups is 1. The SMILES string of the molecule is C=CC.CCOC(=O)c1c(N=C(N)N)[nH]c2ccc(OCc3ccccc3)cc12.CNC.CS. The number of nitrogens with zero attached hydrogens (tertiary/aromatic N) is 1. The summed E-state index contributed by atoms with van der Waals surface area (Å²) in [6.07, 6.45) is 3.44. The lowest BCUT2D eigenvalue weighted by molar-refractivity contribution is 0.0530. The van der Waals surface area contributed by atoms with Gasteiger partial charge in [-0.15, -0.1) is 6.58 Å². The van der Waals surface area contributed by atoms with Crippen LogP contribution in [0.1, 0.15) is 29.8 Å². The highest BCUT2D eigenvalue weighted by Gasteiger charge is 2.20. The number of aromatic nitrogens is 1. The number of benzene rings is 2. The number of H-pyrrole nitrogens is 1. The molecule has 2 aromatic carbocycles. The fourth-order valence-electron chi connectivity index (χ4n) is 2.61. The molecule has 0 spiro atoms. The molecule has 0 radical (unpaired) electrons. The molecule has 1 aromatic heterocycles. The van der Waals surface area contributed by atoms with Gasteiger partial charge in [0.15, 0.2) is 5.96 Å². The van der Waals surface area contributed by atoms with Gasteiger partial charge in [0.2, 0.25) is 0 Å². The lowest BCUT2D eigenvalue weighted by atomic mass is 10.1. The molecule has 0 saturated heterocycles. The van der Waals surface area contributed by atoms with Crippen LogP contribution in [-0.4, -0.2) is 43.9 Å². The van der Waals surface area contributed by atoms with Crippen LogP contribution in [0.3, 0.4) is 0 Å². The molecule has 34 heavy (non-hydrogen) atoms. The Morgan fingerprint density at radius 1 is 1.18 bits per heavy atom. The first-order valence-corrected chi connectivity index (χ1v) is 11.5. The number of carbonyl (C=O) groups excluding carboxylic acids is 1. The summed E-state index contributed by atoms with van der Waals surface area (Å²) in [6.45, 7) is 7.66. The van der Waals surface area contributed by atoms with Crippen molar-refractivity contribution in [2.45, 2.75) is 20.5 Å². The quantitative estimate of drug-likeness (QED) is 0.115. The van der Waals surface area contributed by atoms with Gasteiger partial charge >= 0.3 is 5.97 Å². The van der Waals surface area contributed by atoms with Crippen LogP contribution in [0.4, 0.5) is 5.82 Å². The zero-order valence-electron chi connectivity index (χ0n) is 20.6. The lowest BCUT2D eigenvalue weighted by Gasteiger charge is -2.07. The maximum absolute atomic E-state index is 12.4. The number of allylic oxidation sites excluding steroid dienone is 1. The Labute approximate surface area is 207 Å². The third kappa shape index (κ3) is 10.5. The summed E-state index contributed by atoms with van der Waals surface area (Å²) in [5.41, 5.74) is 13.0. The van der Waals surface area contributed by atoms with Crippen LogP contribution in [0.5, 0.6) is 5.75 Å². The lowest BCUT2D eigenvalue weighted by Crippen LogP contribution is -2.22. The summed E-state index contributed by atoms with van der Waals surface area (Å²) < 4.78 is 11.0. The van der Waals surface area contributed by atoms with Crippen molar-refractivity contribution in [2.24, 2.45) is 16.5 Å². The van der Waals surface area contributed by atoms with Crippen molar-refractivity contribution in [1.29, 1.82) is 0 Å². The minimum atomic E-state index is -0.501. The summed E-state index contributed by atoms with van der Waals surface area (Å²) in [7, 11) is 3.75. The van der Waals surface area contributed by atoms with E-state index in [2.05, 4.69) is 34.5 Å². The number of hydrogen-bond donors (Lipinski definition) is 5. The van der Waals surface area contributed by atoms with Gasteiger partial charge < -0.3 is 31.2 Å². The van der Waals surface area contributed by atoms with Crippen LogP contribution in [0, 0.1) is 0 Å². The fraction of sp³-hybridized carbons (Fsp3) is 0.280. The number of rotatable bonds is 6. The molecule has 9 heteroatoms. The van der Waals surface area contributed by atoms with Gasteiger partial charge in [0.25, 0.3) is 0 Å². The molecule has 0 unspecified atom stereocenters. The van der Waals surface area contributed by atoms with E-state index in [9.17, 15) is 4.79 Å². The first-order valence-electron chi connectivity index (χ1n) is 10.6. The molecule has 0 aliphatic carbocycles. The van der Waals surface area contributed by atoms with Gasteiger partial charge in [0.05, 0.1) is 6.61 Å². The second kappa shape index (κ2) is 18.0. The molecule has 8 nitrogen and oxygen atoms in total. The third-order valence-corrected chi connectivity index (χ3v) is 3.72. The average molecular weight is 488 g/mol. The molecule has 0 fully saturated rings. The Bertz CT molecular complexity index is 1020. The van der Waals surface area contributed by atoms with E-state index in [-0.39, 0.29) is 23.9 Å². The van der Waals surface area contributed by atoms with Crippen molar-refractivity contribution in [3.05, 3.63) is 72.3 Å². The molecule has 0 aliphatic heterocycles. The summed E-state index contributed by atoms with van der Waals surface area (Å²) in [6, 6.07) is 15.2. The zero-order valence-corrected chi connectivity index (χ0v) is 21.5. The number of carbonyl (C=O) groups is 1. The minimum Gasteiger partial charge on any atom is -0.489 e. The van der Waals surface area contributed by atoms with Crippen LogP contribution >= 0.6 is 12.6 Å². The van der Waals surface area contributed by atoms with E-state index in [1.54, 1.807) is 25.3 Å². The Hall–Kier alpha value is -3.43. The topological polar surface area (TPSA) is 128 Å². The van der Waals surface area contributed by atoms with Crippen LogP contribution in [-0.2, 0) is 11.3 Å². The number of guanidine groups is 1. The van der Waals surface area contributed by atoms with Crippen molar-refractivity contribution >= 4 is 41.3 Å². The molecule has 0 atom stereocenters. The van der Waals surface area contributed by atoms with E-state index in [0.717, 1.165) is 5.56 Å². The van der Waals surface area contributed by atoms with E-state index in [0.29, 0.717) is 23.3 Å². The van der Waals surface area contributed by atoms with Gasteiger partial charge in [-0.1, -0.05) is 36.4 Å². The highest BCUT2D eigenvalue weighted by molar-refractivity contribution is 7.79. The Morgan fingerprint density at radius 3 is 2.29 bits per heavy atom. The summed E-state index contributed by atoms with van der Waals surface area (Å²) in [5, 5.41) is 3.38. The van der Waals surface area contributed by atoms with Gasteiger partial charge in [-0.25, -0.2) is 4.79 Å². The minimum absolute atomic E-state index is 0.150. The number of aromatic amines is 1. The van der Waals surface area contributed by atoms with Crippen LogP contribution in [0.15, 0.2) is 66.2 Å². The standard InChI is InChI=1S/C19H20N4O3.C3H6.C2H7N.CH4S/c1-2-25-18(24)16-14-10-13(26-11-12-6-4-3-5-7-12)8-9-15(14)22-17(16)23-19(20)21;2*1-3-2;1-2/h3-10,22H,2,11H2,1H3,(H4,20,21,23);3H,1H2,2H3;3H,1-2H3;2H,1H3. The van der Waals surface area contributed by atoms with Crippen molar-refractivity contribution in [3.63, 3.8) is 0 Å². The molecule has 1 heterocycles. The first kappa shape index (κ1) is 30.6. The van der Waals surface area contributed by atoms with E-state index >= 15 is 0 Å². The van der Waals surface area contributed by atoms with E-state index < -0.39 is 5.97 Å². The Kier molecular flexibility index (Phi) is 16.2. The van der Waals surface area contributed by atoms with Crippen molar-refractivity contribution in [1.82, 2.24) is 10.3 Å². The molecule has 0 aliphatic rings.